The second-order valence-corrected chi connectivity index (χ2v) is 19.6. The Bertz CT molecular complexity index is 1750. The Labute approximate surface area is 311 Å². The van der Waals surface area contributed by atoms with Crippen LogP contribution in [-0.2, 0) is 14.3 Å². The van der Waals surface area contributed by atoms with E-state index in [9.17, 15) is 9.18 Å². The number of likely N-dealkylation sites (tertiary alicyclic amines) is 1. The third-order valence-electron chi connectivity index (χ3n) is 17.3. The van der Waals surface area contributed by atoms with Gasteiger partial charge in [0, 0.05) is 18.9 Å². The van der Waals surface area contributed by atoms with Gasteiger partial charge in [0.15, 0.2) is 0 Å². The van der Waals surface area contributed by atoms with Crippen molar-refractivity contribution in [2.24, 2.45) is 56.7 Å². The lowest BCUT2D eigenvalue weighted by Crippen LogP contribution is -2.67. The van der Waals surface area contributed by atoms with Crippen LogP contribution in [0.5, 0.6) is 0 Å². The van der Waals surface area contributed by atoms with Gasteiger partial charge in [-0.15, -0.1) is 0 Å². The fraction of sp³-hybridized carbons (Fsp3) is 0.711. The number of H-pyrrole nitrogens is 1. The summed E-state index contributed by atoms with van der Waals surface area (Å²) < 4.78 is 19.6. The van der Waals surface area contributed by atoms with E-state index in [1.54, 1.807) is 19.1 Å². The van der Waals surface area contributed by atoms with Gasteiger partial charge in [-0.3, -0.25) is 9.59 Å². The number of carbonyl (C=O) groups excluding carboxylic acids is 2. The lowest BCUT2D eigenvalue weighted by Gasteiger charge is -2.73. The molecule has 282 valence electrons. The van der Waals surface area contributed by atoms with Gasteiger partial charge in [-0.25, -0.2) is 9.37 Å². The van der Waals surface area contributed by atoms with Gasteiger partial charge < -0.3 is 14.6 Å². The van der Waals surface area contributed by atoms with Gasteiger partial charge in [-0.05, 0) is 160 Å². The summed E-state index contributed by atoms with van der Waals surface area (Å²) in [7, 11) is 0. The molecule has 52 heavy (non-hydrogen) atoms. The Morgan fingerprint density at radius 1 is 0.885 bits per heavy atom. The van der Waals surface area contributed by atoms with E-state index < -0.39 is 0 Å². The summed E-state index contributed by atoms with van der Waals surface area (Å²) in [5, 5.41) is 0. The van der Waals surface area contributed by atoms with Crippen LogP contribution in [0, 0.1) is 62.5 Å². The van der Waals surface area contributed by atoms with Crippen molar-refractivity contribution in [1.29, 1.82) is 0 Å². The number of carbonyl (C=O) groups is 2. The zero-order valence-electron chi connectivity index (χ0n) is 32.8. The molecule has 6 nitrogen and oxygen atoms in total. The second kappa shape index (κ2) is 12.3. The maximum atomic E-state index is 15.4. The normalized spacial score (nSPS) is 42.1. The monoisotopic (exact) mass is 711 g/mol. The van der Waals surface area contributed by atoms with Crippen LogP contribution in [0.3, 0.4) is 0 Å². The number of nitrogens with one attached hydrogen (secondary N) is 1. The number of esters is 1. The van der Waals surface area contributed by atoms with E-state index in [-0.39, 0.29) is 51.0 Å². The Hall–Kier alpha value is -2.96. The Morgan fingerprint density at radius 3 is 2.35 bits per heavy atom. The quantitative estimate of drug-likeness (QED) is 0.247. The van der Waals surface area contributed by atoms with Crippen molar-refractivity contribution < 1.29 is 18.7 Å². The first kappa shape index (κ1) is 36.0. The van der Waals surface area contributed by atoms with Crippen LogP contribution in [0.2, 0.25) is 0 Å². The van der Waals surface area contributed by atoms with E-state index in [1.165, 1.54) is 43.4 Å². The first-order chi connectivity index (χ1) is 24.6. The number of imidazole rings is 1. The number of nitrogens with zero attached hydrogens (tertiary/aromatic N) is 2. The first-order valence-corrected chi connectivity index (χ1v) is 20.5. The van der Waals surface area contributed by atoms with E-state index in [4.69, 9.17) is 9.72 Å². The van der Waals surface area contributed by atoms with Crippen molar-refractivity contribution in [2.75, 3.05) is 6.54 Å². The molecule has 2 heterocycles. The highest BCUT2D eigenvalue weighted by Gasteiger charge is 2.72. The molecular formula is C45H62FN3O3. The van der Waals surface area contributed by atoms with Gasteiger partial charge in [0.1, 0.15) is 17.7 Å². The smallest absolute Gasteiger partial charge is 0.302 e. The van der Waals surface area contributed by atoms with Gasteiger partial charge >= 0.3 is 5.97 Å². The summed E-state index contributed by atoms with van der Waals surface area (Å²) in [5.41, 5.74) is 3.12. The average Bonchev–Trinajstić information content (AvgIpc) is 3.85. The SMILES string of the molecule is C=C(C)[C@@H]1CC[C@]2(C(=O)N3CCC[C@H]3c3ncc(-c4ccc(F)cc4)[nH]3)CC[C@]3(C)[C@H](CC[C@@H]4[C@@]5(C)CC[C@H](OC(C)=O)C(C)(C)[C@@H]5CC[C@]43C)[C@@H]12. The molecule has 1 saturated heterocycles. The molecule has 1 aliphatic heterocycles. The Kier molecular flexibility index (Phi) is 8.51. The number of benzene rings is 1. The van der Waals surface area contributed by atoms with E-state index in [2.05, 4.69) is 58.0 Å². The highest BCUT2D eigenvalue weighted by molar-refractivity contribution is 5.84. The minimum atomic E-state index is -0.364. The zero-order chi connectivity index (χ0) is 37.0. The molecule has 0 bridgehead atoms. The molecule has 1 aromatic carbocycles. The number of hydrogen-bond acceptors (Lipinski definition) is 4. The van der Waals surface area contributed by atoms with Crippen molar-refractivity contribution in [3.8, 4) is 11.3 Å². The molecule has 5 saturated carbocycles. The summed E-state index contributed by atoms with van der Waals surface area (Å²) in [5.74, 6) is 3.09. The first-order valence-electron chi connectivity index (χ1n) is 20.5. The number of ether oxygens (including phenoxy) is 1. The number of aromatic amines is 1. The molecule has 5 aliphatic carbocycles. The molecule has 11 atom stereocenters. The number of hydrogen-bond donors (Lipinski definition) is 1. The summed E-state index contributed by atoms with van der Waals surface area (Å²) in [6.45, 7) is 21.8. The third-order valence-corrected chi connectivity index (χ3v) is 17.3. The maximum absolute atomic E-state index is 15.4. The fourth-order valence-electron chi connectivity index (χ4n) is 14.8. The lowest BCUT2D eigenvalue weighted by molar-refractivity contribution is -0.249. The van der Waals surface area contributed by atoms with Gasteiger partial charge in [0.25, 0.3) is 0 Å². The Balaban J connectivity index is 1.10. The molecule has 8 rings (SSSR count). The number of fused-ring (bicyclic) bond motifs is 7. The molecule has 6 fully saturated rings. The van der Waals surface area contributed by atoms with Crippen molar-refractivity contribution in [1.82, 2.24) is 14.9 Å². The number of amides is 1. The standard InChI is InChI=1S/C45H62FN3O3/c1-27(2)31-17-22-45(40(51)49-25-9-10-34(49)39-47-26-33(48-39)29-11-13-30(46)14-12-29)24-23-43(7)32(38(31)45)15-16-36-42(6)20-19-37(52-28(3)50)41(4,5)35(42)18-21-44(36,43)8/h11-14,26,31-32,34-38H,1,9-10,15-25H2,2-8H3,(H,47,48)/t31-,32+,34-,35-,36+,37-,38+,42-,43+,44+,45-/m0/s1. The number of aromatic nitrogens is 2. The third kappa shape index (κ3) is 5.01. The summed E-state index contributed by atoms with van der Waals surface area (Å²) in [4.78, 5) is 38.1. The highest BCUT2D eigenvalue weighted by atomic mass is 19.1. The van der Waals surface area contributed by atoms with E-state index in [0.29, 0.717) is 35.5 Å². The number of halogens is 1. The summed E-state index contributed by atoms with van der Waals surface area (Å²) in [6, 6.07) is 6.45. The van der Waals surface area contributed by atoms with Crippen LogP contribution in [0.15, 0.2) is 42.6 Å². The predicted octanol–water partition coefficient (Wildman–Crippen LogP) is 10.5. The molecular weight excluding hydrogens is 650 g/mol. The minimum Gasteiger partial charge on any atom is -0.462 e. The van der Waals surface area contributed by atoms with Crippen LogP contribution in [0.25, 0.3) is 11.3 Å². The predicted molar refractivity (Wildman–Crippen MR) is 202 cm³/mol. The number of rotatable bonds is 5. The second-order valence-electron chi connectivity index (χ2n) is 19.6. The van der Waals surface area contributed by atoms with Crippen molar-refractivity contribution in [2.45, 2.75) is 138 Å². The van der Waals surface area contributed by atoms with Crippen molar-refractivity contribution >= 4 is 11.9 Å². The molecule has 0 unspecified atom stereocenters. The Morgan fingerprint density at radius 2 is 1.63 bits per heavy atom. The topological polar surface area (TPSA) is 75.3 Å². The van der Waals surface area contributed by atoms with Crippen LogP contribution in [0.4, 0.5) is 4.39 Å². The molecule has 6 aliphatic rings. The zero-order valence-corrected chi connectivity index (χ0v) is 32.8. The maximum Gasteiger partial charge on any atom is 0.302 e. The van der Waals surface area contributed by atoms with E-state index in [0.717, 1.165) is 75.0 Å². The fourth-order valence-corrected chi connectivity index (χ4v) is 14.8. The molecule has 0 radical (unpaired) electrons. The molecule has 7 heteroatoms. The molecule has 0 spiro atoms. The van der Waals surface area contributed by atoms with Crippen LogP contribution in [-0.4, -0.2) is 39.4 Å². The largest absolute Gasteiger partial charge is 0.462 e. The van der Waals surface area contributed by atoms with Crippen LogP contribution < -0.4 is 0 Å². The van der Waals surface area contributed by atoms with Gasteiger partial charge in [0.05, 0.1) is 23.3 Å². The van der Waals surface area contributed by atoms with Crippen LogP contribution in [0.1, 0.15) is 137 Å². The van der Waals surface area contributed by atoms with Crippen molar-refractivity contribution in [3.05, 3.63) is 54.3 Å². The average molecular weight is 712 g/mol. The van der Waals surface area contributed by atoms with Gasteiger partial charge in [-0.1, -0.05) is 46.8 Å². The number of allylic oxidation sites excluding steroid dienone is 1. The molecule has 1 N–H and O–H groups in total. The highest BCUT2D eigenvalue weighted by Crippen LogP contribution is 2.78. The molecule has 2 aromatic rings. The lowest BCUT2D eigenvalue weighted by atomic mass is 9.32. The van der Waals surface area contributed by atoms with Crippen molar-refractivity contribution in [3.63, 3.8) is 0 Å². The van der Waals surface area contributed by atoms with E-state index >= 15 is 4.79 Å². The minimum absolute atomic E-state index is 0.0134. The van der Waals surface area contributed by atoms with Gasteiger partial charge in [0.2, 0.25) is 5.91 Å². The molecule has 1 aromatic heterocycles. The van der Waals surface area contributed by atoms with Gasteiger partial charge in [-0.2, -0.15) is 0 Å². The summed E-state index contributed by atoms with van der Waals surface area (Å²) >= 11 is 0. The van der Waals surface area contributed by atoms with E-state index in [1.807, 2.05) is 6.20 Å². The summed E-state index contributed by atoms with van der Waals surface area (Å²) in [6.07, 6.45) is 14.6. The molecule has 1 amide bonds. The van der Waals surface area contributed by atoms with Crippen LogP contribution >= 0.6 is 0 Å².